The first-order chi connectivity index (χ1) is 13.0. The van der Waals surface area contributed by atoms with Crippen molar-refractivity contribution in [2.75, 3.05) is 20.3 Å². The Kier molecular flexibility index (Phi) is 9.36. The van der Waals surface area contributed by atoms with E-state index in [1.165, 1.54) is 11.3 Å². The molecule has 1 aromatic rings. The van der Waals surface area contributed by atoms with Crippen LogP contribution in [0, 0.1) is 5.92 Å². The molecule has 7 nitrogen and oxygen atoms in total. The number of aromatic nitrogens is 1. The number of hydrogen-bond donors (Lipinski definition) is 0. The summed E-state index contributed by atoms with van der Waals surface area (Å²) < 4.78 is 16.4. The quantitative estimate of drug-likeness (QED) is 0.546. The third-order valence-corrected chi connectivity index (χ3v) is 4.99. The summed E-state index contributed by atoms with van der Waals surface area (Å²) in [4.78, 5) is 30.5. The van der Waals surface area contributed by atoms with E-state index in [0.29, 0.717) is 24.6 Å². The zero-order valence-corrected chi connectivity index (χ0v) is 19.1. The van der Waals surface area contributed by atoms with Crippen molar-refractivity contribution in [3.63, 3.8) is 0 Å². The van der Waals surface area contributed by atoms with Crippen molar-refractivity contribution >= 4 is 23.4 Å². The fraction of sp³-hybridized carbons (Fsp3) is 0.750. The SMILES string of the molecule is CCOC(=O)c1csc([C@H](C[C@H](C(C)C)N(C)C(=O)OC(C)(C)C)OCC)n1. The third-order valence-electron chi connectivity index (χ3n) is 4.05. The molecule has 0 radical (unpaired) electrons. The Morgan fingerprint density at radius 2 is 1.86 bits per heavy atom. The number of hydrogen-bond acceptors (Lipinski definition) is 7. The number of esters is 1. The maximum atomic E-state index is 12.5. The lowest BCUT2D eigenvalue weighted by Crippen LogP contribution is -2.44. The summed E-state index contributed by atoms with van der Waals surface area (Å²) >= 11 is 1.36. The van der Waals surface area contributed by atoms with E-state index in [1.54, 1.807) is 24.3 Å². The summed E-state index contributed by atoms with van der Waals surface area (Å²) in [6.07, 6.45) is -0.139. The zero-order valence-electron chi connectivity index (χ0n) is 18.3. The minimum atomic E-state index is -0.559. The summed E-state index contributed by atoms with van der Waals surface area (Å²) in [7, 11) is 1.74. The molecule has 0 aromatic carbocycles. The van der Waals surface area contributed by atoms with Gasteiger partial charge in [0.15, 0.2) is 5.69 Å². The van der Waals surface area contributed by atoms with E-state index in [0.717, 1.165) is 0 Å². The van der Waals surface area contributed by atoms with Gasteiger partial charge in [-0.15, -0.1) is 11.3 Å². The Bertz CT molecular complexity index is 639. The molecule has 1 aromatic heterocycles. The summed E-state index contributed by atoms with van der Waals surface area (Å²) in [6.45, 7) is 14.1. The molecule has 0 bridgehead atoms. The van der Waals surface area contributed by atoms with Gasteiger partial charge in [-0.2, -0.15) is 0 Å². The van der Waals surface area contributed by atoms with Gasteiger partial charge in [-0.05, 0) is 40.5 Å². The van der Waals surface area contributed by atoms with Crippen molar-refractivity contribution < 1.29 is 23.8 Å². The number of carbonyl (C=O) groups excluding carboxylic acids is 2. The van der Waals surface area contributed by atoms with Crippen LogP contribution >= 0.6 is 11.3 Å². The van der Waals surface area contributed by atoms with E-state index >= 15 is 0 Å². The monoisotopic (exact) mass is 414 g/mol. The molecule has 0 N–H and O–H groups in total. The summed E-state index contributed by atoms with van der Waals surface area (Å²) in [5.74, 6) is -0.253. The van der Waals surface area contributed by atoms with Gasteiger partial charge in [-0.3, -0.25) is 0 Å². The lowest BCUT2D eigenvalue weighted by molar-refractivity contribution is -0.000900. The highest BCUT2D eigenvalue weighted by Gasteiger charge is 2.31. The largest absolute Gasteiger partial charge is 0.461 e. The molecule has 28 heavy (non-hydrogen) atoms. The highest BCUT2D eigenvalue weighted by atomic mass is 32.1. The molecule has 2 atom stereocenters. The number of ether oxygens (including phenoxy) is 3. The molecule has 0 aliphatic carbocycles. The maximum absolute atomic E-state index is 12.5. The molecule has 8 heteroatoms. The molecule has 1 heterocycles. The first-order valence-corrected chi connectivity index (χ1v) is 10.6. The van der Waals surface area contributed by atoms with Crippen LogP contribution in [0.4, 0.5) is 4.79 Å². The van der Waals surface area contributed by atoms with Crippen molar-refractivity contribution in [3.05, 3.63) is 16.1 Å². The molecule has 0 spiro atoms. The van der Waals surface area contributed by atoms with Crippen LogP contribution in [-0.2, 0) is 14.2 Å². The molecule has 1 amide bonds. The van der Waals surface area contributed by atoms with E-state index in [4.69, 9.17) is 14.2 Å². The molecule has 0 aliphatic rings. The lowest BCUT2D eigenvalue weighted by atomic mass is 9.96. The average Bonchev–Trinajstić information content (AvgIpc) is 3.06. The minimum absolute atomic E-state index is 0.110. The lowest BCUT2D eigenvalue weighted by Gasteiger charge is -2.34. The van der Waals surface area contributed by atoms with Gasteiger partial charge >= 0.3 is 12.1 Å². The van der Waals surface area contributed by atoms with Crippen LogP contribution in [0.25, 0.3) is 0 Å². The summed E-state index contributed by atoms with van der Waals surface area (Å²) in [5, 5.41) is 2.38. The minimum Gasteiger partial charge on any atom is -0.461 e. The van der Waals surface area contributed by atoms with Gasteiger partial charge in [-0.1, -0.05) is 13.8 Å². The van der Waals surface area contributed by atoms with Gasteiger partial charge in [0.2, 0.25) is 0 Å². The summed E-state index contributed by atoms with van der Waals surface area (Å²) in [5.41, 5.74) is -0.274. The molecule has 0 unspecified atom stereocenters. The smallest absolute Gasteiger partial charge is 0.410 e. The second kappa shape index (κ2) is 10.8. The van der Waals surface area contributed by atoms with Gasteiger partial charge in [0.25, 0.3) is 0 Å². The van der Waals surface area contributed by atoms with Gasteiger partial charge in [-0.25, -0.2) is 14.6 Å². The number of thiazole rings is 1. The topological polar surface area (TPSA) is 78.0 Å². The second-order valence-corrected chi connectivity index (χ2v) is 8.76. The molecule has 0 fully saturated rings. The first-order valence-electron chi connectivity index (χ1n) is 9.70. The fourth-order valence-electron chi connectivity index (χ4n) is 2.74. The van der Waals surface area contributed by atoms with Crippen LogP contribution < -0.4 is 0 Å². The average molecular weight is 415 g/mol. The number of amides is 1. The Hall–Kier alpha value is -1.67. The Balaban J connectivity index is 2.99. The number of carbonyl (C=O) groups is 2. The van der Waals surface area contributed by atoms with E-state index in [2.05, 4.69) is 18.8 Å². The number of rotatable bonds is 9. The zero-order chi connectivity index (χ0) is 21.5. The molecule has 0 saturated heterocycles. The van der Waals surface area contributed by atoms with Crippen LogP contribution in [0.3, 0.4) is 0 Å². The van der Waals surface area contributed by atoms with Gasteiger partial charge in [0.05, 0.1) is 6.61 Å². The van der Waals surface area contributed by atoms with E-state index in [-0.39, 0.29) is 29.9 Å². The van der Waals surface area contributed by atoms with Crippen LogP contribution in [-0.4, -0.2) is 53.9 Å². The van der Waals surface area contributed by atoms with Crippen molar-refractivity contribution in [1.82, 2.24) is 9.88 Å². The van der Waals surface area contributed by atoms with Crippen molar-refractivity contribution in [3.8, 4) is 0 Å². The molecular weight excluding hydrogens is 380 g/mol. The molecule has 160 valence electrons. The Labute approximate surface area is 172 Å². The third kappa shape index (κ3) is 7.39. The number of nitrogens with zero attached hydrogens (tertiary/aromatic N) is 2. The van der Waals surface area contributed by atoms with Gasteiger partial charge < -0.3 is 19.1 Å². The normalized spacial score (nSPS) is 13.9. The van der Waals surface area contributed by atoms with E-state index in [9.17, 15) is 9.59 Å². The predicted octanol–water partition coefficient (Wildman–Crippen LogP) is 4.68. The molecule has 0 aliphatic heterocycles. The predicted molar refractivity (Wildman–Crippen MR) is 110 cm³/mol. The maximum Gasteiger partial charge on any atom is 0.410 e. The standard InChI is InChI=1S/C20H34N2O5S/c1-9-25-16(17-21-14(12-28-17)18(23)26-10-2)11-15(13(3)4)22(8)19(24)27-20(5,6)7/h12-13,15-16H,9-11H2,1-8H3/t15-,16+/m1/s1. The van der Waals surface area contributed by atoms with Crippen LogP contribution in [0.15, 0.2) is 5.38 Å². The highest BCUT2D eigenvalue weighted by Crippen LogP contribution is 2.30. The molecular formula is C20H34N2O5S. The van der Waals surface area contributed by atoms with Crippen molar-refractivity contribution in [2.45, 2.75) is 72.6 Å². The fourth-order valence-corrected chi connectivity index (χ4v) is 3.59. The van der Waals surface area contributed by atoms with Gasteiger partial charge in [0.1, 0.15) is 16.7 Å². The summed E-state index contributed by atoms with van der Waals surface area (Å²) in [6, 6.07) is -0.110. The first kappa shape index (κ1) is 24.4. The van der Waals surface area contributed by atoms with Crippen LogP contribution in [0.5, 0.6) is 0 Å². The molecule has 0 saturated carbocycles. The van der Waals surface area contributed by atoms with Gasteiger partial charge in [0, 0.05) is 31.5 Å². The van der Waals surface area contributed by atoms with E-state index < -0.39 is 11.6 Å². The van der Waals surface area contributed by atoms with Crippen molar-refractivity contribution in [1.29, 1.82) is 0 Å². The van der Waals surface area contributed by atoms with Crippen molar-refractivity contribution in [2.24, 2.45) is 5.92 Å². The van der Waals surface area contributed by atoms with Crippen LogP contribution in [0.2, 0.25) is 0 Å². The Morgan fingerprint density at radius 3 is 2.36 bits per heavy atom. The second-order valence-electron chi connectivity index (χ2n) is 7.87. The highest BCUT2D eigenvalue weighted by molar-refractivity contribution is 7.09. The van der Waals surface area contributed by atoms with E-state index in [1.807, 2.05) is 27.7 Å². The molecule has 1 rings (SSSR count). The Morgan fingerprint density at radius 1 is 1.21 bits per heavy atom. The van der Waals surface area contributed by atoms with Crippen LogP contribution in [0.1, 0.15) is 76.5 Å².